The van der Waals surface area contributed by atoms with E-state index in [0.29, 0.717) is 35.7 Å². The summed E-state index contributed by atoms with van der Waals surface area (Å²) in [6.07, 6.45) is 5.13. The van der Waals surface area contributed by atoms with Crippen LogP contribution in [0.25, 0.3) is 11.1 Å². The number of Topliss-reactive ketones (excluding diaryl/α,β-unsaturated/α-hetero) is 1. The van der Waals surface area contributed by atoms with E-state index in [1.165, 1.54) is 12.8 Å². The number of hydrogen-bond donors (Lipinski definition) is 3. The first-order valence-electron chi connectivity index (χ1n) is 9.78. The minimum Gasteiger partial charge on any atom is -0.483 e. The smallest absolute Gasteiger partial charge is 0.290 e. The number of nitrogen functional groups attached to an aromatic ring is 1. The molecule has 154 valence electrons. The minimum atomic E-state index is -0.250. The number of ketones is 1. The fourth-order valence-electron chi connectivity index (χ4n) is 4.59. The number of nitrogens with one attached hydrogen (secondary N) is 1. The largest absolute Gasteiger partial charge is 0.483 e. The van der Waals surface area contributed by atoms with E-state index in [-0.39, 0.29) is 18.0 Å². The van der Waals surface area contributed by atoms with Gasteiger partial charge in [-0.2, -0.15) is 11.3 Å². The Hall–Kier alpha value is -2.51. The molecule has 2 bridgehead atoms. The lowest BCUT2D eigenvalue weighted by molar-refractivity contribution is -0.123. The van der Waals surface area contributed by atoms with Crippen molar-refractivity contribution in [1.29, 1.82) is 5.41 Å². The molecular formula is C22H27N3O3S. The maximum absolute atomic E-state index is 12.8. The Morgan fingerprint density at radius 3 is 2.52 bits per heavy atom. The van der Waals surface area contributed by atoms with Crippen molar-refractivity contribution in [2.75, 3.05) is 12.8 Å². The van der Waals surface area contributed by atoms with E-state index < -0.39 is 0 Å². The SMILES string of the molecule is CN1C2CCC1CC(CC(=O)C(=N)c1cc(-c3ccsc3)ccc1N)C2.O=CO. The Labute approximate surface area is 174 Å². The van der Waals surface area contributed by atoms with Crippen molar-refractivity contribution < 1.29 is 14.7 Å². The Bertz CT molecular complexity index is 867. The molecule has 0 aliphatic carbocycles. The number of carbonyl (C=O) groups is 2. The maximum Gasteiger partial charge on any atom is 0.290 e. The van der Waals surface area contributed by atoms with Gasteiger partial charge in [0.2, 0.25) is 0 Å². The fraction of sp³-hybridized carbons (Fsp3) is 0.409. The lowest BCUT2D eigenvalue weighted by Crippen LogP contribution is -2.40. The van der Waals surface area contributed by atoms with Gasteiger partial charge in [0.25, 0.3) is 6.47 Å². The number of carbonyl (C=O) groups excluding carboxylic acids is 1. The fourth-order valence-corrected chi connectivity index (χ4v) is 5.25. The number of benzene rings is 1. The van der Waals surface area contributed by atoms with E-state index >= 15 is 0 Å². The molecule has 1 aromatic carbocycles. The summed E-state index contributed by atoms with van der Waals surface area (Å²) in [5, 5.41) is 19.4. The summed E-state index contributed by atoms with van der Waals surface area (Å²) >= 11 is 1.63. The first-order chi connectivity index (χ1) is 13.9. The molecule has 0 radical (unpaired) electrons. The quantitative estimate of drug-likeness (QED) is 0.391. The van der Waals surface area contributed by atoms with Crippen LogP contribution in [0.4, 0.5) is 5.69 Å². The van der Waals surface area contributed by atoms with Crippen molar-refractivity contribution in [3.05, 3.63) is 40.6 Å². The van der Waals surface area contributed by atoms with Gasteiger partial charge in [-0.3, -0.25) is 15.0 Å². The molecule has 4 rings (SSSR count). The maximum atomic E-state index is 12.8. The van der Waals surface area contributed by atoms with E-state index in [0.717, 1.165) is 24.0 Å². The summed E-state index contributed by atoms with van der Waals surface area (Å²) in [7, 11) is 2.21. The van der Waals surface area contributed by atoms with Crippen molar-refractivity contribution in [3.63, 3.8) is 0 Å². The van der Waals surface area contributed by atoms with Crippen molar-refractivity contribution in [1.82, 2.24) is 4.90 Å². The molecule has 2 atom stereocenters. The standard InChI is InChI=1S/C21H25N3OS.CH2O2/c1-24-16-3-4-17(24)9-13(8-16)10-20(25)21(23)18-11-14(2-5-19(18)22)15-6-7-26-12-15;2-1-3/h2,5-7,11-13,16-17,23H,3-4,8-10,22H2,1H3;1H,(H,2,3). The molecule has 0 amide bonds. The molecule has 3 heterocycles. The Morgan fingerprint density at radius 2 is 1.93 bits per heavy atom. The van der Waals surface area contributed by atoms with E-state index in [9.17, 15) is 4.79 Å². The third-order valence-electron chi connectivity index (χ3n) is 6.13. The van der Waals surface area contributed by atoms with Crippen LogP contribution in [-0.2, 0) is 9.59 Å². The number of piperidine rings is 1. The predicted molar refractivity (Wildman–Crippen MR) is 117 cm³/mol. The zero-order valence-electron chi connectivity index (χ0n) is 16.5. The molecule has 2 aliphatic rings. The van der Waals surface area contributed by atoms with E-state index in [4.69, 9.17) is 21.0 Å². The van der Waals surface area contributed by atoms with Gasteiger partial charge >= 0.3 is 0 Å². The van der Waals surface area contributed by atoms with Crippen LogP contribution in [0.3, 0.4) is 0 Å². The average Bonchev–Trinajstić information content (AvgIpc) is 3.29. The van der Waals surface area contributed by atoms with Crippen molar-refractivity contribution in [2.24, 2.45) is 5.92 Å². The molecule has 2 aliphatic heterocycles. The normalized spacial score (nSPS) is 23.1. The summed E-state index contributed by atoms with van der Waals surface area (Å²) in [6.45, 7) is -0.250. The van der Waals surface area contributed by atoms with Crippen LogP contribution in [0.5, 0.6) is 0 Å². The molecule has 1 aromatic heterocycles. The van der Waals surface area contributed by atoms with E-state index in [1.54, 1.807) is 17.4 Å². The monoisotopic (exact) mass is 413 g/mol. The van der Waals surface area contributed by atoms with Crippen LogP contribution < -0.4 is 5.73 Å². The Morgan fingerprint density at radius 1 is 1.28 bits per heavy atom. The van der Waals surface area contributed by atoms with Crippen LogP contribution >= 0.6 is 11.3 Å². The van der Waals surface area contributed by atoms with Gasteiger partial charge in [-0.25, -0.2) is 0 Å². The summed E-state index contributed by atoms with van der Waals surface area (Å²) in [5.74, 6) is 0.325. The number of rotatable bonds is 5. The lowest BCUT2D eigenvalue weighted by Gasteiger charge is -2.36. The molecule has 0 saturated carbocycles. The number of hydrogen-bond acceptors (Lipinski definition) is 6. The zero-order valence-corrected chi connectivity index (χ0v) is 17.3. The summed E-state index contributed by atoms with van der Waals surface area (Å²) in [4.78, 5) is 23.6. The van der Waals surface area contributed by atoms with Gasteiger partial charge in [0, 0.05) is 29.8 Å². The molecule has 6 nitrogen and oxygen atoms in total. The van der Waals surface area contributed by atoms with Gasteiger partial charge < -0.3 is 15.7 Å². The van der Waals surface area contributed by atoms with E-state index in [2.05, 4.69) is 17.3 Å². The number of nitrogens with zero attached hydrogens (tertiary/aromatic N) is 1. The number of carboxylic acid groups (broad SMARTS) is 1. The molecule has 2 saturated heterocycles. The third kappa shape index (κ3) is 4.74. The highest BCUT2D eigenvalue weighted by Crippen LogP contribution is 2.39. The van der Waals surface area contributed by atoms with Crippen LogP contribution in [0, 0.1) is 11.3 Å². The minimum absolute atomic E-state index is 0.0610. The summed E-state index contributed by atoms with van der Waals surface area (Å²) < 4.78 is 0. The van der Waals surface area contributed by atoms with Gasteiger partial charge in [-0.1, -0.05) is 6.07 Å². The second-order valence-electron chi connectivity index (χ2n) is 7.81. The molecule has 29 heavy (non-hydrogen) atoms. The summed E-state index contributed by atoms with van der Waals surface area (Å²) in [5.41, 5.74) is 9.33. The van der Waals surface area contributed by atoms with Crippen LogP contribution in [-0.4, -0.2) is 47.1 Å². The number of thiophene rings is 1. The topological polar surface area (TPSA) is 107 Å². The van der Waals surface area contributed by atoms with E-state index in [1.807, 2.05) is 23.6 Å². The number of anilines is 1. The van der Waals surface area contributed by atoms with Gasteiger partial charge in [0.15, 0.2) is 5.78 Å². The Kier molecular flexibility index (Phi) is 6.82. The molecule has 4 N–H and O–H groups in total. The highest BCUT2D eigenvalue weighted by Gasteiger charge is 2.39. The van der Waals surface area contributed by atoms with Crippen LogP contribution in [0.15, 0.2) is 35.0 Å². The van der Waals surface area contributed by atoms with Gasteiger partial charge in [0.05, 0.1) is 0 Å². The number of fused-ring (bicyclic) bond motifs is 2. The first-order valence-corrected chi connectivity index (χ1v) is 10.7. The second kappa shape index (κ2) is 9.33. The molecular weight excluding hydrogens is 386 g/mol. The van der Waals surface area contributed by atoms with Crippen LogP contribution in [0.2, 0.25) is 0 Å². The van der Waals surface area contributed by atoms with Gasteiger partial charge in [0.1, 0.15) is 5.71 Å². The van der Waals surface area contributed by atoms with Gasteiger partial charge in [-0.05, 0) is 78.7 Å². The van der Waals surface area contributed by atoms with Crippen LogP contribution in [0.1, 0.15) is 37.7 Å². The average molecular weight is 414 g/mol. The third-order valence-corrected chi connectivity index (χ3v) is 6.81. The first kappa shape index (κ1) is 21.2. The molecule has 2 unspecified atom stereocenters. The van der Waals surface area contributed by atoms with Crippen molar-refractivity contribution in [3.8, 4) is 11.1 Å². The lowest BCUT2D eigenvalue weighted by atomic mass is 9.85. The predicted octanol–water partition coefficient (Wildman–Crippen LogP) is 3.90. The van der Waals surface area contributed by atoms with Crippen molar-refractivity contribution in [2.45, 2.75) is 44.2 Å². The van der Waals surface area contributed by atoms with Crippen molar-refractivity contribution >= 4 is 35.0 Å². The second-order valence-corrected chi connectivity index (χ2v) is 8.59. The number of nitrogens with two attached hydrogens (primary N) is 1. The zero-order chi connectivity index (χ0) is 21.0. The molecule has 2 aromatic rings. The molecule has 7 heteroatoms. The molecule has 0 spiro atoms. The Balaban J connectivity index is 0.000000755. The molecule has 2 fully saturated rings. The highest BCUT2D eigenvalue weighted by atomic mass is 32.1. The summed E-state index contributed by atoms with van der Waals surface area (Å²) in [6, 6.07) is 8.92. The van der Waals surface area contributed by atoms with Gasteiger partial charge in [-0.15, -0.1) is 0 Å². The highest BCUT2D eigenvalue weighted by molar-refractivity contribution is 7.08.